The van der Waals surface area contributed by atoms with Gasteiger partial charge >= 0.3 is 5.97 Å². The van der Waals surface area contributed by atoms with Gasteiger partial charge in [-0.05, 0) is 18.6 Å². The van der Waals surface area contributed by atoms with Gasteiger partial charge in [0.15, 0.2) is 0 Å². The number of amides is 1. The predicted molar refractivity (Wildman–Crippen MR) is 68.6 cm³/mol. The molecule has 1 rings (SSSR count). The number of nitrogens with one attached hydrogen (secondary N) is 1. The standard InChI is InChI=1S/C11H11NO3.C2H6O/c1-8(13)12-10(11(14)15)7-9-5-3-2-4-6-9;1-2-3/h2-7H,1H3,(H,12,13)(H,14,15);3H,2H2,1H3. The zero-order valence-corrected chi connectivity index (χ0v) is 10.4. The molecule has 0 fully saturated rings. The normalized spacial score (nSPS) is 10.1. The van der Waals surface area contributed by atoms with Crippen molar-refractivity contribution in [3.63, 3.8) is 0 Å². The third-order valence-corrected chi connectivity index (χ3v) is 1.65. The van der Waals surface area contributed by atoms with E-state index in [2.05, 4.69) is 5.32 Å². The lowest BCUT2D eigenvalue weighted by molar-refractivity contribution is -0.134. The quantitative estimate of drug-likeness (QED) is 0.705. The van der Waals surface area contributed by atoms with Gasteiger partial charge in [0.2, 0.25) is 5.91 Å². The number of rotatable bonds is 3. The summed E-state index contributed by atoms with van der Waals surface area (Å²) in [5, 5.41) is 18.6. The van der Waals surface area contributed by atoms with Crippen molar-refractivity contribution < 1.29 is 19.8 Å². The fraction of sp³-hybridized carbons (Fsp3) is 0.231. The Kier molecular flexibility index (Phi) is 7.89. The average Bonchev–Trinajstić information content (AvgIpc) is 2.30. The molecule has 98 valence electrons. The highest BCUT2D eigenvalue weighted by molar-refractivity contribution is 5.96. The van der Waals surface area contributed by atoms with E-state index >= 15 is 0 Å². The first-order chi connectivity index (χ1) is 8.51. The van der Waals surface area contributed by atoms with Gasteiger partial charge in [0.25, 0.3) is 0 Å². The number of benzene rings is 1. The molecule has 0 saturated carbocycles. The van der Waals surface area contributed by atoms with Crippen molar-refractivity contribution in [1.29, 1.82) is 0 Å². The number of aliphatic carboxylic acids is 1. The summed E-state index contributed by atoms with van der Waals surface area (Å²) in [6, 6.07) is 8.92. The maximum Gasteiger partial charge on any atom is 0.352 e. The van der Waals surface area contributed by atoms with E-state index in [-0.39, 0.29) is 12.3 Å². The minimum absolute atomic E-state index is 0.131. The number of carbonyl (C=O) groups is 2. The van der Waals surface area contributed by atoms with Crippen molar-refractivity contribution in [2.24, 2.45) is 0 Å². The molecule has 5 nitrogen and oxygen atoms in total. The summed E-state index contributed by atoms with van der Waals surface area (Å²) in [4.78, 5) is 21.5. The highest BCUT2D eigenvalue weighted by atomic mass is 16.4. The molecule has 0 aromatic heterocycles. The summed E-state index contributed by atoms with van der Waals surface area (Å²) in [6.07, 6.45) is 1.41. The van der Waals surface area contributed by atoms with Crippen LogP contribution in [0.25, 0.3) is 6.08 Å². The molecule has 0 aliphatic carbocycles. The van der Waals surface area contributed by atoms with Crippen LogP contribution in [0.2, 0.25) is 0 Å². The van der Waals surface area contributed by atoms with Gasteiger partial charge in [-0.15, -0.1) is 0 Å². The van der Waals surface area contributed by atoms with Gasteiger partial charge in [0.05, 0.1) is 0 Å². The monoisotopic (exact) mass is 251 g/mol. The van der Waals surface area contributed by atoms with Crippen LogP contribution in [0.1, 0.15) is 19.4 Å². The van der Waals surface area contributed by atoms with E-state index in [1.807, 2.05) is 6.07 Å². The molecule has 0 bridgehead atoms. The molecular weight excluding hydrogens is 234 g/mol. The van der Waals surface area contributed by atoms with E-state index in [0.717, 1.165) is 5.56 Å². The van der Waals surface area contributed by atoms with E-state index in [1.165, 1.54) is 13.0 Å². The van der Waals surface area contributed by atoms with Crippen LogP contribution in [-0.2, 0) is 9.59 Å². The summed E-state index contributed by atoms with van der Waals surface area (Å²) >= 11 is 0. The van der Waals surface area contributed by atoms with Crippen LogP contribution in [0.4, 0.5) is 0 Å². The minimum Gasteiger partial charge on any atom is -0.477 e. The summed E-state index contributed by atoms with van der Waals surface area (Å²) < 4.78 is 0. The third-order valence-electron chi connectivity index (χ3n) is 1.65. The molecule has 0 atom stereocenters. The Morgan fingerprint density at radius 1 is 1.28 bits per heavy atom. The van der Waals surface area contributed by atoms with Crippen molar-refractivity contribution in [3.05, 3.63) is 41.6 Å². The van der Waals surface area contributed by atoms with E-state index < -0.39 is 11.9 Å². The van der Waals surface area contributed by atoms with Crippen LogP contribution >= 0.6 is 0 Å². The van der Waals surface area contributed by atoms with Crippen LogP contribution in [0.5, 0.6) is 0 Å². The Morgan fingerprint density at radius 2 is 1.78 bits per heavy atom. The van der Waals surface area contributed by atoms with Gasteiger partial charge in [-0.1, -0.05) is 30.3 Å². The maximum absolute atomic E-state index is 10.8. The molecule has 5 heteroatoms. The SMILES string of the molecule is CC(=O)NC(=Cc1ccccc1)C(=O)O.CCO. The second kappa shape index (κ2) is 8.95. The van der Waals surface area contributed by atoms with Gasteiger partial charge in [0.1, 0.15) is 5.70 Å². The first-order valence-corrected chi connectivity index (χ1v) is 5.39. The Bertz CT molecular complexity index is 412. The number of carboxylic acids is 1. The molecule has 3 N–H and O–H groups in total. The zero-order valence-electron chi connectivity index (χ0n) is 10.4. The first-order valence-electron chi connectivity index (χ1n) is 5.39. The molecule has 0 heterocycles. The Labute approximate surface area is 106 Å². The second-order valence-electron chi connectivity index (χ2n) is 3.27. The molecule has 1 aromatic carbocycles. The number of hydrogen-bond acceptors (Lipinski definition) is 3. The van der Waals surface area contributed by atoms with Crippen molar-refractivity contribution in [2.45, 2.75) is 13.8 Å². The van der Waals surface area contributed by atoms with Crippen molar-refractivity contribution >= 4 is 18.0 Å². The third kappa shape index (κ3) is 7.19. The van der Waals surface area contributed by atoms with Crippen LogP contribution in [-0.4, -0.2) is 28.7 Å². The molecular formula is C13H17NO4. The molecule has 1 aromatic rings. The topological polar surface area (TPSA) is 86.6 Å². The van der Waals surface area contributed by atoms with E-state index in [9.17, 15) is 9.59 Å². The Morgan fingerprint density at radius 3 is 2.17 bits per heavy atom. The van der Waals surface area contributed by atoms with Gasteiger partial charge in [-0.25, -0.2) is 4.79 Å². The van der Waals surface area contributed by atoms with Crippen molar-refractivity contribution in [1.82, 2.24) is 5.32 Å². The van der Waals surface area contributed by atoms with Crippen molar-refractivity contribution in [2.75, 3.05) is 6.61 Å². The molecule has 0 saturated heterocycles. The Balaban J connectivity index is 0.000000873. The number of hydrogen-bond donors (Lipinski definition) is 3. The fourth-order valence-corrected chi connectivity index (χ4v) is 1.06. The van der Waals surface area contributed by atoms with Gasteiger partial charge < -0.3 is 15.5 Å². The second-order valence-corrected chi connectivity index (χ2v) is 3.27. The molecule has 0 aliphatic rings. The molecule has 0 unspecified atom stereocenters. The van der Waals surface area contributed by atoms with E-state index in [4.69, 9.17) is 10.2 Å². The van der Waals surface area contributed by atoms with Crippen molar-refractivity contribution in [3.8, 4) is 0 Å². The fourth-order valence-electron chi connectivity index (χ4n) is 1.06. The summed E-state index contributed by atoms with van der Waals surface area (Å²) in [5.41, 5.74) is 0.595. The predicted octanol–water partition coefficient (Wildman–Crippen LogP) is 1.25. The lowest BCUT2D eigenvalue weighted by atomic mass is 10.2. The summed E-state index contributed by atoms with van der Waals surface area (Å²) in [6.45, 7) is 3.20. The molecule has 0 aliphatic heterocycles. The first kappa shape index (κ1) is 15.9. The van der Waals surface area contributed by atoms with E-state index in [0.29, 0.717) is 0 Å². The van der Waals surface area contributed by atoms with Gasteiger partial charge in [0, 0.05) is 13.5 Å². The van der Waals surface area contributed by atoms with Crippen LogP contribution in [0.3, 0.4) is 0 Å². The highest BCUT2D eigenvalue weighted by Crippen LogP contribution is 2.04. The van der Waals surface area contributed by atoms with Gasteiger partial charge in [-0.2, -0.15) is 0 Å². The number of carboxylic acid groups (broad SMARTS) is 1. The number of carbonyl (C=O) groups excluding carboxylic acids is 1. The van der Waals surface area contributed by atoms with Crippen LogP contribution in [0.15, 0.2) is 36.0 Å². The lowest BCUT2D eigenvalue weighted by Gasteiger charge is -2.02. The maximum atomic E-state index is 10.8. The van der Waals surface area contributed by atoms with Gasteiger partial charge in [-0.3, -0.25) is 4.79 Å². The zero-order chi connectivity index (χ0) is 14.0. The largest absolute Gasteiger partial charge is 0.477 e. The number of aliphatic hydroxyl groups excluding tert-OH is 1. The van der Waals surface area contributed by atoms with Crippen LogP contribution in [0, 0.1) is 0 Å². The smallest absolute Gasteiger partial charge is 0.352 e. The molecule has 1 amide bonds. The number of aliphatic hydroxyl groups is 1. The van der Waals surface area contributed by atoms with E-state index in [1.54, 1.807) is 31.2 Å². The summed E-state index contributed by atoms with van der Waals surface area (Å²) in [7, 11) is 0. The lowest BCUT2D eigenvalue weighted by Crippen LogP contribution is -2.24. The summed E-state index contributed by atoms with van der Waals surface area (Å²) in [5.74, 6) is -1.56. The average molecular weight is 251 g/mol. The molecule has 18 heavy (non-hydrogen) atoms. The highest BCUT2D eigenvalue weighted by Gasteiger charge is 2.08. The Hall–Kier alpha value is -2.14. The van der Waals surface area contributed by atoms with Crippen LogP contribution < -0.4 is 5.32 Å². The minimum atomic E-state index is -1.16. The molecule has 0 spiro atoms. The molecule has 0 radical (unpaired) electrons.